The molecular weight excluding hydrogens is 291 g/mol. The van der Waals surface area contributed by atoms with Crippen LogP contribution in [-0.4, -0.2) is 41.0 Å². The van der Waals surface area contributed by atoms with Gasteiger partial charge >= 0.3 is 11.8 Å². The zero-order valence-electron chi connectivity index (χ0n) is 9.90. The van der Waals surface area contributed by atoms with Gasteiger partial charge in [0.1, 0.15) is 0 Å². The molecule has 2 rings (SSSR count). The van der Waals surface area contributed by atoms with Crippen LogP contribution >= 0.6 is 23.2 Å². The average Bonchev–Trinajstić information content (AvgIpc) is 2.73. The normalized spacial score (nSPS) is 18.5. The van der Waals surface area contributed by atoms with E-state index in [9.17, 15) is 14.7 Å². The van der Waals surface area contributed by atoms with E-state index in [0.29, 0.717) is 28.7 Å². The van der Waals surface area contributed by atoms with Crippen molar-refractivity contribution in [2.45, 2.75) is 12.5 Å². The Morgan fingerprint density at radius 2 is 1.89 bits per heavy atom. The second kappa shape index (κ2) is 5.77. The van der Waals surface area contributed by atoms with Gasteiger partial charge in [0.25, 0.3) is 0 Å². The number of likely N-dealkylation sites (tertiary alicyclic amines) is 1. The van der Waals surface area contributed by atoms with Crippen molar-refractivity contribution in [3.8, 4) is 0 Å². The van der Waals surface area contributed by atoms with Gasteiger partial charge in [-0.05, 0) is 24.6 Å². The first-order valence-electron chi connectivity index (χ1n) is 5.70. The van der Waals surface area contributed by atoms with Gasteiger partial charge in [-0.25, -0.2) is 0 Å². The third-order valence-electron chi connectivity index (χ3n) is 2.77. The standard InChI is InChI=1S/C12H12Cl2N2O3/c13-7-3-8(14)5-9(4-7)15-11(18)12(19)16-2-1-10(17)6-16/h3-5,10,17H,1-2,6H2,(H,15,18)/t10-/m1/s1. The summed E-state index contributed by atoms with van der Waals surface area (Å²) in [6.07, 6.45) is -0.0699. The molecule has 19 heavy (non-hydrogen) atoms. The van der Waals surface area contributed by atoms with Gasteiger partial charge in [0.15, 0.2) is 0 Å². The van der Waals surface area contributed by atoms with Crippen molar-refractivity contribution in [3.63, 3.8) is 0 Å². The molecule has 0 aromatic heterocycles. The van der Waals surface area contributed by atoms with Crippen molar-refractivity contribution in [3.05, 3.63) is 28.2 Å². The number of hydrogen-bond acceptors (Lipinski definition) is 3. The van der Waals surface area contributed by atoms with Crippen molar-refractivity contribution < 1.29 is 14.7 Å². The second-order valence-electron chi connectivity index (χ2n) is 4.31. The molecule has 1 aromatic rings. The predicted molar refractivity (Wildman–Crippen MR) is 72.3 cm³/mol. The summed E-state index contributed by atoms with van der Waals surface area (Å²) in [6.45, 7) is 0.562. The lowest BCUT2D eigenvalue weighted by Crippen LogP contribution is -2.38. The van der Waals surface area contributed by atoms with Gasteiger partial charge < -0.3 is 15.3 Å². The highest BCUT2D eigenvalue weighted by atomic mass is 35.5. The highest BCUT2D eigenvalue weighted by molar-refractivity contribution is 6.40. The smallest absolute Gasteiger partial charge is 0.313 e. The number of nitrogens with one attached hydrogen (secondary N) is 1. The fourth-order valence-corrected chi connectivity index (χ4v) is 2.41. The van der Waals surface area contributed by atoms with Crippen LogP contribution in [0.1, 0.15) is 6.42 Å². The molecule has 102 valence electrons. The monoisotopic (exact) mass is 302 g/mol. The van der Waals surface area contributed by atoms with Crippen LogP contribution in [0.15, 0.2) is 18.2 Å². The SMILES string of the molecule is O=C(Nc1cc(Cl)cc(Cl)c1)C(=O)N1CC[C@@H](O)C1. The number of anilines is 1. The first-order chi connectivity index (χ1) is 8.95. The van der Waals surface area contributed by atoms with E-state index >= 15 is 0 Å². The number of amides is 2. The van der Waals surface area contributed by atoms with Gasteiger partial charge in [0, 0.05) is 28.8 Å². The van der Waals surface area contributed by atoms with Crippen LogP contribution in [-0.2, 0) is 9.59 Å². The van der Waals surface area contributed by atoms with Crippen molar-refractivity contribution >= 4 is 40.7 Å². The second-order valence-corrected chi connectivity index (χ2v) is 5.18. The maximum Gasteiger partial charge on any atom is 0.313 e. The summed E-state index contributed by atoms with van der Waals surface area (Å²) in [5, 5.41) is 12.5. The minimum absolute atomic E-state index is 0.183. The van der Waals surface area contributed by atoms with Crippen LogP contribution in [0.3, 0.4) is 0 Å². The molecule has 1 saturated heterocycles. The van der Waals surface area contributed by atoms with Crippen LogP contribution in [0, 0.1) is 0 Å². The Kier molecular flexibility index (Phi) is 4.29. The Morgan fingerprint density at radius 3 is 2.42 bits per heavy atom. The number of aliphatic hydroxyl groups is 1. The topological polar surface area (TPSA) is 69.6 Å². The minimum Gasteiger partial charge on any atom is -0.391 e. The fourth-order valence-electron chi connectivity index (χ4n) is 1.88. The van der Waals surface area contributed by atoms with Crippen LogP contribution in [0.25, 0.3) is 0 Å². The molecule has 1 aliphatic rings. The molecule has 2 amide bonds. The summed E-state index contributed by atoms with van der Waals surface area (Å²) in [6, 6.07) is 4.52. The molecule has 0 unspecified atom stereocenters. The lowest BCUT2D eigenvalue weighted by Gasteiger charge is -2.15. The lowest BCUT2D eigenvalue weighted by atomic mass is 10.3. The number of carbonyl (C=O) groups excluding carboxylic acids is 2. The Labute approximate surface area is 120 Å². The quantitative estimate of drug-likeness (QED) is 0.773. The Morgan fingerprint density at radius 1 is 1.26 bits per heavy atom. The van der Waals surface area contributed by atoms with Gasteiger partial charge in [0.2, 0.25) is 0 Å². The van der Waals surface area contributed by atoms with E-state index in [4.69, 9.17) is 23.2 Å². The van der Waals surface area contributed by atoms with E-state index in [0.717, 1.165) is 0 Å². The highest BCUT2D eigenvalue weighted by Crippen LogP contribution is 2.22. The van der Waals surface area contributed by atoms with Gasteiger partial charge in [0.05, 0.1) is 6.10 Å². The highest BCUT2D eigenvalue weighted by Gasteiger charge is 2.28. The molecule has 2 N–H and O–H groups in total. The number of carbonyl (C=O) groups is 2. The molecule has 0 saturated carbocycles. The van der Waals surface area contributed by atoms with E-state index < -0.39 is 17.9 Å². The molecule has 1 atom stereocenters. The van der Waals surface area contributed by atoms with Gasteiger partial charge in [-0.1, -0.05) is 23.2 Å². The third-order valence-corrected chi connectivity index (χ3v) is 3.20. The number of rotatable bonds is 1. The van der Waals surface area contributed by atoms with Gasteiger partial charge in [-0.15, -0.1) is 0 Å². The number of aliphatic hydroxyl groups excluding tert-OH is 1. The molecule has 0 radical (unpaired) electrons. The van der Waals surface area contributed by atoms with E-state index in [1.165, 1.54) is 23.1 Å². The first-order valence-corrected chi connectivity index (χ1v) is 6.45. The fraction of sp³-hybridized carbons (Fsp3) is 0.333. The van der Waals surface area contributed by atoms with Crippen LogP contribution in [0.4, 0.5) is 5.69 Å². The van der Waals surface area contributed by atoms with Crippen molar-refractivity contribution in [2.24, 2.45) is 0 Å². The van der Waals surface area contributed by atoms with Gasteiger partial charge in [-0.3, -0.25) is 9.59 Å². The van der Waals surface area contributed by atoms with Crippen LogP contribution < -0.4 is 5.32 Å². The molecule has 1 aliphatic heterocycles. The Balaban J connectivity index is 2.02. The number of nitrogens with zero attached hydrogens (tertiary/aromatic N) is 1. The van der Waals surface area contributed by atoms with Crippen molar-refractivity contribution in [1.82, 2.24) is 4.90 Å². The Bertz CT molecular complexity index is 501. The predicted octanol–water partition coefficient (Wildman–Crippen LogP) is 1.53. The zero-order valence-corrected chi connectivity index (χ0v) is 11.4. The number of halogens is 2. The van der Waals surface area contributed by atoms with E-state index in [2.05, 4.69) is 5.32 Å². The molecule has 0 aliphatic carbocycles. The molecule has 0 spiro atoms. The molecule has 0 bridgehead atoms. The summed E-state index contributed by atoms with van der Waals surface area (Å²) in [5.74, 6) is -1.44. The van der Waals surface area contributed by atoms with E-state index in [1.54, 1.807) is 0 Å². The molecule has 7 heteroatoms. The number of hydrogen-bond donors (Lipinski definition) is 2. The summed E-state index contributed by atoms with van der Waals surface area (Å²) < 4.78 is 0. The average molecular weight is 303 g/mol. The molecule has 1 fully saturated rings. The molecule has 1 heterocycles. The van der Waals surface area contributed by atoms with Crippen LogP contribution in [0.2, 0.25) is 10.0 Å². The van der Waals surface area contributed by atoms with Gasteiger partial charge in [-0.2, -0.15) is 0 Å². The maximum atomic E-state index is 11.8. The van der Waals surface area contributed by atoms with E-state index in [1.807, 2.05) is 0 Å². The van der Waals surface area contributed by atoms with Crippen LogP contribution in [0.5, 0.6) is 0 Å². The zero-order chi connectivity index (χ0) is 14.0. The molecular formula is C12H12Cl2N2O3. The summed E-state index contributed by atoms with van der Waals surface area (Å²) in [7, 11) is 0. The van der Waals surface area contributed by atoms with Crippen molar-refractivity contribution in [2.75, 3.05) is 18.4 Å². The largest absolute Gasteiger partial charge is 0.391 e. The molecule has 5 nitrogen and oxygen atoms in total. The first kappa shape index (κ1) is 14.1. The number of β-amino-alcohol motifs (C(OH)–C–C–N with tert-alkyl or cyclic N) is 1. The Hall–Kier alpha value is -1.30. The summed E-state index contributed by atoms with van der Waals surface area (Å²) in [4.78, 5) is 24.9. The van der Waals surface area contributed by atoms with E-state index in [-0.39, 0.29) is 6.54 Å². The summed E-state index contributed by atoms with van der Waals surface area (Å²) >= 11 is 11.6. The minimum atomic E-state index is -0.771. The number of benzene rings is 1. The third kappa shape index (κ3) is 3.59. The summed E-state index contributed by atoms with van der Waals surface area (Å²) in [5.41, 5.74) is 0.357. The van der Waals surface area contributed by atoms with Crippen molar-refractivity contribution in [1.29, 1.82) is 0 Å². The lowest BCUT2D eigenvalue weighted by molar-refractivity contribution is -0.142. The maximum absolute atomic E-state index is 11.8. The molecule has 1 aromatic carbocycles.